The molecule has 5 nitrogen and oxygen atoms in total. The highest BCUT2D eigenvalue weighted by Crippen LogP contribution is 2.30. The van der Waals surface area contributed by atoms with E-state index in [1.807, 2.05) is 39.0 Å². The van der Waals surface area contributed by atoms with E-state index < -0.39 is 5.91 Å². The Hall–Kier alpha value is -4.11. The quantitative estimate of drug-likeness (QED) is 0.365. The maximum atomic E-state index is 13.1. The molecule has 0 saturated carbocycles. The number of hydrogen-bond acceptors (Lipinski definition) is 4. The Morgan fingerprint density at radius 1 is 1.03 bits per heavy atom. The monoisotopic (exact) mass is 444 g/mol. The van der Waals surface area contributed by atoms with Crippen LogP contribution in [0.4, 0.5) is 10.1 Å². The molecule has 168 valence electrons. The van der Waals surface area contributed by atoms with Gasteiger partial charge in [0.2, 0.25) is 0 Å². The van der Waals surface area contributed by atoms with E-state index in [1.54, 1.807) is 30.3 Å². The van der Waals surface area contributed by atoms with Crippen LogP contribution < -0.4 is 14.8 Å². The minimum Gasteiger partial charge on any atom is -0.493 e. The van der Waals surface area contributed by atoms with Gasteiger partial charge in [-0.3, -0.25) is 4.79 Å². The second-order valence-electron chi connectivity index (χ2n) is 7.72. The standard InChI is InChI=1S/C27H25FN2O3/c1-17-11-18(2)26(19(3)12-17)30-27(31)22(15-29)13-21-7-10-24(25(14-21)32-4)33-16-20-5-8-23(28)9-6-20/h5-14H,16H2,1-4H3,(H,30,31)/b22-13-. The van der Waals surface area contributed by atoms with Crippen LogP contribution in [0.5, 0.6) is 11.5 Å². The van der Waals surface area contributed by atoms with Gasteiger partial charge in [0.1, 0.15) is 24.1 Å². The molecular formula is C27H25FN2O3. The molecule has 0 aliphatic carbocycles. The molecule has 0 fully saturated rings. The number of nitrogens with zero attached hydrogens (tertiary/aromatic N) is 1. The lowest BCUT2D eigenvalue weighted by Crippen LogP contribution is -2.15. The largest absolute Gasteiger partial charge is 0.493 e. The highest BCUT2D eigenvalue weighted by atomic mass is 19.1. The summed E-state index contributed by atoms with van der Waals surface area (Å²) in [5.41, 5.74) is 5.07. The lowest BCUT2D eigenvalue weighted by molar-refractivity contribution is -0.112. The summed E-state index contributed by atoms with van der Waals surface area (Å²) in [6.45, 7) is 6.07. The number of aryl methyl sites for hydroxylation is 3. The first-order valence-electron chi connectivity index (χ1n) is 10.4. The average Bonchev–Trinajstić information content (AvgIpc) is 2.79. The van der Waals surface area contributed by atoms with Gasteiger partial charge in [0.15, 0.2) is 11.5 Å². The number of halogens is 1. The van der Waals surface area contributed by atoms with Crippen molar-refractivity contribution in [2.24, 2.45) is 0 Å². The minimum atomic E-state index is -0.483. The predicted molar refractivity (Wildman–Crippen MR) is 127 cm³/mol. The number of anilines is 1. The number of benzene rings is 3. The van der Waals surface area contributed by atoms with Crippen molar-refractivity contribution < 1.29 is 18.7 Å². The topological polar surface area (TPSA) is 71.3 Å². The third-order valence-electron chi connectivity index (χ3n) is 5.09. The van der Waals surface area contributed by atoms with Crippen molar-refractivity contribution in [3.8, 4) is 17.6 Å². The fraction of sp³-hybridized carbons (Fsp3) is 0.185. The van der Waals surface area contributed by atoms with Crippen LogP contribution in [0.2, 0.25) is 0 Å². The van der Waals surface area contributed by atoms with E-state index in [0.29, 0.717) is 22.7 Å². The van der Waals surface area contributed by atoms with Crippen LogP contribution in [0.3, 0.4) is 0 Å². The molecule has 1 N–H and O–H groups in total. The lowest BCUT2D eigenvalue weighted by Gasteiger charge is -2.13. The molecule has 33 heavy (non-hydrogen) atoms. The van der Waals surface area contributed by atoms with E-state index in [-0.39, 0.29) is 18.0 Å². The minimum absolute atomic E-state index is 0.0311. The summed E-state index contributed by atoms with van der Waals surface area (Å²) in [6.07, 6.45) is 1.50. The van der Waals surface area contributed by atoms with Crippen LogP contribution in [0.1, 0.15) is 27.8 Å². The van der Waals surface area contributed by atoms with Crippen LogP contribution in [0.25, 0.3) is 6.08 Å². The Labute approximate surface area is 193 Å². The second-order valence-corrected chi connectivity index (χ2v) is 7.72. The summed E-state index contributed by atoms with van der Waals surface area (Å²) in [7, 11) is 1.51. The molecule has 0 radical (unpaired) electrons. The van der Waals surface area contributed by atoms with Crippen LogP contribution in [0.15, 0.2) is 60.2 Å². The molecule has 6 heteroatoms. The van der Waals surface area contributed by atoms with Gasteiger partial charge >= 0.3 is 0 Å². The van der Waals surface area contributed by atoms with Crippen LogP contribution in [-0.2, 0) is 11.4 Å². The van der Waals surface area contributed by atoms with E-state index in [9.17, 15) is 14.4 Å². The van der Waals surface area contributed by atoms with Gasteiger partial charge in [-0.15, -0.1) is 0 Å². The second kappa shape index (κ2) is 10.5. The molecule has 0 aromatic heterocycles. The highest BCUT2D eigenvalue weighted by Gasteiger charge is 2.14. The Balaban J connectivity index is 1.78. The van der Waals surface area contributed by atoms with Gasteiger partial charge in [-0.2, -0.15) is 5.26 Å². The first-order chi connectivity index (χ1) is 15.8. The molecule has 1 amide bonds. The molecule has 0 spiro atoms. The predicted octanol–water partition coefficient (Wildman–Crippen LogP) is 5.88. The van der Waals surface area contributed by atoms with Crippen molar-refractivity contribution in [3.05, 3.63) is 93.8 Å². The Bertz CT molecular complexity index is 1220. The van der Waals surface area contributed by atoms with E-state index in [1.165, 1.54) is 25.3 Å². The van der Waals surface area contributed by atoms with Gasteiger partial charge in [-0.1, -0.05) is 35.9 Å². The Morgan fingerprint density at radius 3 is 2.30 bits per heavy atom. The molecule has 0 aliphatic rings. The van der Waals surface area contributed by atoms with E-state index in [0.717, 1.165) is 22.3 Å². The number of nitrogens with one attached hydrogen (secondary N) is 1. The molecule has 3 aromatic rings. The molecule has 0 atom stereocenters. The van der Waals surface area contributed by atoms with Crippen LogP contribution in [-0.4, -0.2) is 13.0 Å². The van der Waals surface area contributed by atoms with Crippen molar-refractivity contribution in [1.82, 2.24) is 0 Å². The van der Waals surface area contributed by atoms with Crippen molar-refractivity contribution in [2.45, 2.75) is 27.4 Å². The molecule has 3 aromatic carbocycles. The summed E-state index contributed by atoms with van der Waals surface area (Å²) >= 11 is 0. The first kappa shape index (κ1) is 23.6. The van der Waals surface area contributed by atoms with E-state index >= 15 is 0 Å². The summed E-state index contributed by atoms with van der Waals surface area (Å²) in [5, 5.41) is 12.4. The van der Waals surface area contributed by atoms with Crippen molar-refractivity contribution in [3.63, 3.8) is 0 Å². The smallest absolute Gasteiger partial charge is 0.266 e. The number of nitriles is 1. The van der Waals surface area contributed by atoms with Crippen molar-refractivity contribution in [1.29, 1.82) is 5.26 Å². The molecule has 0 heterocycles. The van der Waals surface area contributed by atoms with E-state index in [4.69, 9.17) is 9.47 Å². The number of hydrogen-bond donors (Lipinski definition) is 1. The Morgan fingerprint density at radius 2 is 1.70 bits per heavy atom. The number of rotatable bonds is 7. The van der Waals surface area contributed by atoms with Gasteiger partial charge in [-0.05, 0) is 73.4 Å². The average molecular weight is 445 g/mol. The molecule has 0 aliphatic heterocycles. The van der Waals surface area contributed by atoms with Crippen LogP contribution >= 0.6 is 0 Å². The molecule has 0 saturated heterocycles. The van der Waals surface area contributed by atoms with Crippen molar-refractivity contribution in [2.75, 3.05) is 12.4 Å². The number of amides is 1. The zero-order valence-electron chi connectivity index (χ0n) is 19.0. The summed E-state index contributed by atoms with van der Waals surface area (Å²) in [4.78, 5) is 12.8. The third kappa shape index (κ3) is 5.98. The summed E-state index contributed by atoms with van der Waals surface area (Å²) in [5.74, 6) is 0.155. The fourth-order valence-corrected chi connectivity index (χ4v) is 3.51. The van der Waals surface area contributed by atoms with Gasteiger partial charge in [-0.25, -0.2) is 4.39 Å². The first-order valence-corrected chi connectivity index (χ1v) is 10.4. The molecule has 0 unspecified atom stereocenters. The molecular weight excluding hydrogens is 419 g/mol. The zero-order valence-corrected chi connectivity index (χ0v) is 19.0. The molecule has 3 rings (SSSR count). The van der Waals surface area contributed by atoms with Crippen LogP contribution in [0, 0.1) is 37.9 Å². The SMILES string of the molecule is COc1cc(/C=C(/C#N)C(=O)Nc2c(C)cc(C)cc2C)ccc1OCc1ccc(F)cc1. The van der Waals surface area contributed by atoms with Gasteiger partial charge < -0.3 is 14.8 Å². The number of carbonyl (C=O) groups is 1. The number of ether oxygens (including phenoxy) is 2. The maximum absolute atomic E-state index is 13.1. The third-order valence-corrected chi connectivity index (χ3v) is 5.09. The normalized spacial score (nSPS) is 11.0. The lowest BCUT2D eigenvalue weighted by atomic mass is 10.0. The maximum Gasteiger partial charge on any atom is 0.266 e. The summed E-state index contributed by atoms with van der Waals surface area (Å²) < 4.78 is 24.3. The fourth-order valence-electron chi connectivity index (χ4n) is 3.51. The molecule has 0 bridgehead atoms. The van der Waals surface area contributed by atoms with Gasteiger partial charge in [0, 0.05) is 5.69 Å². The van der Waals surface area contributed by atoms with Gasteiger partial charge in [0.05, 0.1) is 7.11 Å². The van der Waals surface area contributed by atoms with Gasteiger partial charge in [0.25, 0.3) is 5.91 Å². The zero-order chi connectivity index (χ0) is 24.0. The van der Waals surface area contributed by atoms with E-state index in [2.05, 4.69) is 5.32 Å². The Kier molecular flexibility index (Phi) is 7.47. The summed E-state index contributed by atoms with van der Waals surface area (Å²) in [6, 6.07) is 17.1. The number of carbonyl (C=O) groups excluding carboxylic acids is 1. The van der Waals surface area contributed by atoms with Crippen molar-refractivity contribution >= 4 is 17.7 Å². The highest BCUT2D eigenvalue weighted by molar-refractivity contribution is 6.10. The number of methoxy groups -OCH3 is 1.